The Morgan fingerprint density at radius 2 is 2.14 bits per heavy atom. The summed E-state index contributed by atoms with van der Waals surface area (Å²) in [5.74, 6) is -0.679. The highest BCUT2D eigenvalue weighted by atomic mass is 32.1. The van der Waals surface area contributed by atoms with Crippen molar-refractivity contribution in [3.63, 3.8) is 0 Å². The van der Waals surface area contributed by atoms with Crippen LogP contribution in [0.2, 0.25) is 0 Å². The maximum absolute atomic E-state index is 11.6. The Labute approximate surface area is 131 Å². The zero-order chi connectivity index (χ0) is 15.3. The van der Waals surface area contributed by atoms with E-state index in [4.69, 9.17) is 4.74 Å². The Bertz CT molecular complexity index is 786. The van der Waals surface area contributed by atoms with Crippen molar-refractivity contribution >= 4 is 33.5 Å². The lowest BCUT2D eigenvalue weighted by Crippen LogP contribution is -2.37. The number of esters is 1. The summed E-state index contributed by atoms with van der Waals surface area (Å²) in [6, 6.07) is 10.2. The van der Waals surface area contributed by atoms with Crippen molar-refractivity contribution in [3.8, 4) is 0 Å². The zero-order valence-corrected chi connectivity index (χ0v) is 12.4. The number of thiophene rings is 1. The maximum atomic E-state index is 11.6. The number of benzene rings is 1. The largest absolute Gasteiger partial charge is 0.457 e. The fraction of sp³-hybridized carbons (Fsp3) is 0.235. The van der Waals surface area contributed by atoms with Gasteiger partial charge in [-0.3, -0.25) is 0 Å². The fourth-order valence-electron chi connectivity index (χ4n) is 2.95. The standard InChI is InChI=1S/C17H14O4S/c18-15-11(8-17(20)9-13(15)21-16(17)19)5-6-12-7-10-3-1-2-4-14(10)22-12/h1-8,13,15,18,20H,9H2/b6-5+/t13-,15-,17+/m1/s1. The molecule has 0 amide bonds. The third-order valence-electron chi connectivity index (χ3n) is 4.11. The minimum Gasteiger partial charge on any atom is -0.457 e. The van der Waals surface area contributed by atoms with Crippen LogP contribution in [0.5, 0.6) is 0 Å². The van der Waals surface area contributed by atoms with Gasteiger partial charge in [0.15, 0.2) is 5.60 Å². The molecule has 1 aromatic carbocycles. The summed E-state index contributed by atoms with van der Waals surface area (Å²) in [6.07, 6.45) is 3.61. The second-order valence-electron chi connectivity index (χ2n) is 5.68. The molecular formula is C17H14O4S. The molecule has 112 valence electrons. The minimum atomic E-state index is -1.59. The van der Waals surface area contributed by atoms with Gasteiger partial charge in [-0.25, -0.2) is 4.79 Å². The van der Waals surface area contributed by atoms with E-state index in [0.29, 0.717) is 5.57 Å². The number of aliphatic hydroxyl groups excluding tert-OH is 1. The third kappa shape index (κ3) is 2.09. The van der Waals surface area contributed by atoms with E-state index in [9.17, 15) is 15.0 Å². The molecule has 1 aromatic heterocycles. The van der Waals surface area contributed by atoms with Crippen LogP contribution in [0.3, 0.4) is 0 Å². The summed E-state index contributed by atoms with van der Waals surface area (Å²) in [5, 5.41) is 21.6. The number of hydrogen-bond acceptors (Lipinski definition) is 5. The molecule has 5 heteroatoms. The Morgan fingerprint density at radius 1 is 1.32 bits per heavy atom. The minimum absolute atomic E-state index is 0.118. The van der Waals surface area contributed by atoms with Gasteiger partial charge in [-0.2, -0.15) is 0 Å². The average Bonchev–Trinajstić information content (AvgIpc) is 3.02. The molecule has 1 aliphatic heterocycles. The summed E-state index contributed by atoms with van der Waals surface area (Å²) >= 11 is 1.65. The van der Waals surface area contributed by atoms with E-state index in [0.717, 1.165) is 4.88 Å². The first-order valence-electron chi connectivity index (χ1n) is 7.06. The first kappa shape index (κ1) is 13.7. The average molecular weight is 314 g/mol. The molecule has 0 radical (unpaired) electrons. The number of hydrogen-bond donors (Lipinski definition) is 2. The van der Waals surface area contributed by atoms with E-state index in [-0.39, 0.29) is 6.42 Å². The SMILES string of the molecule is O=C1O[C@@H]2C[C@@]1(O)C=C(/C=C/c1cc3ccccc3s1)[C@H]2O. The Balaban J connectivity index is 1.66. The molecule has 4 nitrogen and oxygen atoms in total. The van der Waals surface area contributed by atoms with Gasteiger partial charge >= 0.3 is 5.97 Å². The lowest BCUT2D eigenvalue weighted by molar-refractivity contribution is -0.152. The molecule has 3 atom stereocenters. The predicted molar refractivity (Wildman–Crippen MR) is 84.4 cm³/mol. The van der Waals surface area contributed by atoms with Crippen molar-refractivity contribution in [3.05, 3.63) is 52.9 Å². The monoisotopic (exact) mass is 314 g/mol. The van der Waals surface area contributed by atoms with Gasteiger partial charge in [0.2, 0.25) is 0 Å². The van der Waals surface area contributed by atoms with Crippen LogP contribution in [0.1, 0.15) is 11.3 Å². The zero-order valence-electron chi connectivity index (χ0n) is 11.6. The van der Waals surface area contributed by atoms with E-state index in [1.807, 2.05) is 24.3 Å². The van der Waals surface area contributed by atoms with Gasteiger partial charge in [-0.15, -0.1) is 11.3 Å². The van der Waals surface area contributed by atoms with Gasteiger partial charge in [-0.1, -0.05) is 24.3 Å². The number of carbonyl (C=O) groups excluding carboxylic acids is 1. The summed E-state index contributed by atoms with van der Waals surface area (Å²) in [5.41, 5.74) is -1.08. The molecule has 0 spiro atoms. The van der Waals surface area contributed by atoms with E-state index in [1.54, 1.807) is 17.4 Å². The summed E-state index contributed by atoms with van der Waals surface area (Å²) in [7, 11) is 0. The molecule has 0 unspecified atom stereocenters. The van der Waals surface area contributed by atoms with Gasteiger partial charge in [0.25, 0.3) is 0 Å². The van der Waals surface area contributed by atoms with Gasteiger partial charge in [0.05, 0.1) is 0 Å². The molecule has 22 heavy (non-hydrogen) atoms. The van der Waals surface area contributed by atoms with Crippen LogP contribution in [-0.4, -0.2) is 34.0 Å². The summed E-state index contributed by atoms with van der Waals surface area (Å²) < 4.78 is 6.20. The maximum Gasteiger partial charge on any atom is 0.342 e. The van der Waals surface area contributed by atoms with Gasteiger partial charge in [0.1, 0.15) is 12.2 Å². The molecule has 1 saturated heterocycles. The Hall–Kier alpha value is -1.95. The van der Waals surface area contributed by atoms with Gasteiger partial charge in [-0.05, 0) is 35.2 Å². The molecule has 1 aliphatic carbocycles. The highest BCUT2D eigenvalue weighted by molar-refractivity contribution is 7.19. The van der Waals surface area contributed by atoms with Crippen LogP contribution in [0.15, 0.2) is 48.1 Å². The molecular weight excluding hydrogens is 300 g/mol. The second-order valence-corrected chi connectivity index (χ2v) is 6.80. The van der Waals surface area contributed by atoms with Crippen molar-refractivity contribution in [2.45, 2.75) is 24.2 Å². The van der Waals surface area contributed by atoms with Gasteiger partial charge < -0.3 is 14.9 Å². The number of ether oxygens (including phenoxy) is 1. The highest BCUT2D eigenvalue weighted by Crippen LogP contribution is 2.37. The number of aliphatic hydroxyl groups is 2. The highest BCUT2D eigenvalue weighted by Gasteiger charge is 2.52. The van der Waals surface area contributed by atoms with Crippen LogP contribution in [-0.2, 0) is 9.53 Å². The molecule has 2 aromatic rings. The van der Waals surface area contributed by atoms with Crippen molar-refractivity contribution in [1.82, 2.24) is 0 Å². The van der Waals surface area contributed by atoms with Crippen molar-refractivity contribution in [2.75, 3.05) is 0 Å². The number of rotatable bonds is 2. The lowest BCUT2D eigenvalue weighted by atomic mass is 9.85. The summed E-state index contributed by atoms with van der Waals surface area (Å²) in [6.45, 7) is 0. The van der Waals surface area contributed by atoms with Crippen LogP contribution in [0.25, 0.3) is 16.2 Å². The van der Waals surface area contributed by atoms with Crippen LogP contribution < -0.4 is 0 Å². The Morgan fingerprint density at radius 3 is 2.95 bits per heavy atom. The predicted octanol–water partition coefficient (Wildman–Crippen LogP) is 2.26. The quantitative estimate of drug-likeness (QED) is 0.835. The second kappa shape index (κ2) is 4.78. The molecule has 2 bridgehead atoms. The number of fused-ring (bicyclic) bond motifs is 3. The molecule has 2 aliphatic rings. The summed E-state index contributed by atoms with van der Waals surface area (Å²) in [4.78, 5) is 12.7. The molecule has 1 fully saturated rings. The molecule has 0 saturated carbocycles. The van der Waals surface area contributed by atoms with Crippen molar-refractivity contribution in [1.29, 1.82) is 0 Å². The van der Waals surface area contributed by atoms with Gasteiger partial charge in [0, 0.05) is 16.0 Å². The first-order valence-corrected chi connectivity index (χ1v) is 7.88. The first-order chi connectivity index (χ1) is 10.5. The Kier molecular flexibility index (Phi) is 2.97. The topological polar surface area (TPSA) is 66.8 Å². The van der Waals surface area contributed by atoms with Crippen molar-refractivity contribution < 1.29 is 19.7 Å². The van der Waals surface area contributed by atoms with E-state index < -0.39 is 23.8 Å². The molecule has 2 heterocycles. The van der Waals surface area contributed by atoms with Crippen molar-refractivity contribution in [2.24, 2.45) is 0 Å². The normalized spacial score (nSPS) is 30.8. The lowest BCUT2D eigenvalue weighted by Gasteiger charge is -2.24. The van der Waals surface area contributed by atoms with E-state index in [1.165, 1.54) is 16.2 Å². The van der Waals surface area contributed by atoms with E-state index >= 15 is 0 Å². The van der Waals surface area contributed by atoms with E-state index in [2.05, 4.69) is 12.1 Å². The molecule has 2 N–H and O–H groups in total. The smallest absolute Gasteiger partial charge is 0.342 e. The fourth-order valence-corrected chi connectivity index (χ4v) is 3.92. The van der Waals surface area contributed by atoms with Crippen LogP contribution >= 0.6 is 11.3 Å². The molecule has 4 rings (SSSR count). The van der Waals surface area contributed by atoms with Crippen LogP contribution in [0, 0.1) is 0 Å². The number of carbonyl (C=O) groups is 1. The van der Waals surface area contributed by atoms with Crippen LogP contribution in [0.4, 0.5) is 0 Å². The third-order valence-corrected chi connectivity index (χ3v) is 5.19.